The minimum absolute atomic E-state index is 0. The molecule has 118 valence electrons. The number of para-hydroxylation sites is 1. The number of hydrogen-bond acceptors (Lipinski definition) is 2. The maximum atomic E-state index is 12.3. The van der Waals surface area contributed by atoms with Crippen molar-refractivity contribution in [1.29, 1.82) is 0 Å². The number of urea groups is 1. The molecule has 1 fully saturated rings. The van der Waals surface area contributed by atoms with Gasteiger partial charge in [0, 0.05) is 24.0 Å². The number of hydrogen-bond donors (Lipinski definition) is 2. The van der Waals surface area contributed by atoms with E-state index in [-0.39, 0.29) is 25.4 Å². The molecule has 5 nitrogen and oxygen atoms in total. The average molecular weight is 322 g/mol. The van der Waals surface area contributed by atoms with Gasteiger partial charge in [0.1, 0.15) is 6.04 Å². The number of aromatic amines is 1. The molecule has 0 radical (unpaired) electrons. The highest BCUT2D eigenvalue weighted by molar-refractivity contribution is 6.35. The Balaban J connectivity index is 0.00000176. The highest BCUT2D eigenvalue weighted by atomic mass is 35.5. The molecule has 1 aliphatic heterocycles. The Hall–Kier alpha value is -2.01. The van der Waals surface area contributed by atoms with Crippen LogP contribution < -0.4 is 5.32 Å². The Morgan fingerprint density at radius 1 is 1.32 bits per heavy atom. The molecule has 2 heterocycles. The van der Waals surface area contributed by atoms with Crippen LogP contribution in [-0.4, -0.2) is 33.9 Å². The van der Waals surface area contributed by atoms with Crippen LogP contribution in [0.5, 0.6) is 0 Å². The van der Waals surface area contributed by atoms with E-state index in [1.807, 2.05) is 38.2 Å². The zero-order valence-electron chi connectivity index (χ0n) is 11.8. The number of rotatable bonds is 3. The number of amides is 3. The molecule has 22 heavy (non-hydrogen) atoms. The van der Waals surface area contributed by atoms with Crippen molar-refractivity contribution in [2.45, 2.75) is 39.8 Å². The Labute approximate surface area is 134 Å². The van der Waals surface area contributed by atoms with Crippen LogP contribution in [0.4, 0.5) is 4.79 Å². The lowest BCUT2D eigenvalue weighted by molar-refractivity contribution is -0.128. The van der Waals surface area contributed by atoms with E-state index >= 15 is 0 Å². The molecular formula is C16H20ClN3O2. The summed E-state index contributed by atoms with van der Waals surface area (Å²) in [6.45, 7) is 3.65. The number of nitrogens with zero attached hydrogens (tertiary/aromatic N) is 1. The largest absolute Gasteiger partial charge is 0.360 e. The monoisotopic (exact) mass is 321 g/mol. The fourth-order valence-electron chi connectivity index (χ4n) is 2.74. The number of aromatic nitrogens is 1. The zero-order valence-corrected chi connectivity index (χ0v) is 12.6. The smallest absolute Gasteiger partial charge is 0.325 e. The van der Waals surface area contributed by atoms with Gasteiger partial charge in [0.15, 0.2) is 0 Å². The Bertz CT molecular complexity index is 723. The van der Waals surface area contributed by atoms with E-state index in [9.17, 15) is 9.59 Å². The SMILES string of the molecule is C.CC(C)N1C(=O)N[C@H](Cc2c[nH]c3c(Cl)cccc23)C1=O. The first-order chi connectivity index (χ1) is 9.99. The van der Waals surface area contributed by atoms with Crippen LogP contribution in [0, 0.1) is 0 Å². The second-order valence-corrected chi connectivity index (χ2v) is 5.89. The minimum Gasteiger partial charge on any atom is -0.360 e. The number of carbonyl (C=O) groups is 2. The van der Waals surface area contributed by atoms with Crippen LogP contribution in [0.25, 0.3) is 10.9 Å². The molecule has 6 heteroatoms. The Kier molecular flexibility index (Phi) is 4.47. The van der Waals surface area contributed by atoms with Gasteiger partial charge in [-0.1, -0.05) is 31.2 Å². The molecule has 2 aromatic rings. The van der Waals surface area contributed by atoms with Crippen LogP contribution >= 0.6 is 11.6 Å². The van der Waals surface area contributed by atoms with Gasteiger partial charge < -0.3 is 10.3 Å². The fourth-order valence-corrected chi connectivity index (χ4v) is 2.97. The van der Waals surface area contributed by atoms with E-state index in [0.29, 0.717) is 11.4 Å². The van der Waals surface area contributed by atoms with Crippen molar-refractivity contribution in [3.63, 3.8) is 0 Å². The number of fused-ring (bicyclic) bond motifs is 1. The van der Waals surface area contributed by atoms with Gasteiger partial charge in [-0.05, 0) is 25.5 Å². The van der Waals surface area contributed by atoms with E-state index in [4.69, 9.17) is 11.6 Å². The number of nitrogens with one attached hydrogen (secondary N) is 2. The topological polar surface area (TPSA) is 65.2 Å². The summed E-state index contributed by atoms with van der Waals surface area (Å²) >= 11 is 6.13. The molecule has 0 unspecified atom stereocenters. The summed E-state index contributed by atoms with van der Waals surface area (Å²) in [4.78, 5) is 28.5. The summed E-state index contributed by atoms with van der Waals surface area (Å²) in [7, 11) is 0. The van der Waals surface area contributed by atoms with Crippen molar-refractivity contribution in [3.8, 4) is 0 Å². The number of H-pyrrole nitrogens is 1. The predicted octanol–water partition coefficient (Wildman–Crippen LogP) is 3.33. The van der Waals surface area contributed by atoms with Crippen molar-refractivity contribution in [1.82, 2.24) is 15.2 Å². The molecule has 3 rings (SSSR count). The molecule has 0 spiro atoms. The highest BCUT2D eigenvalue weighted by Gasteiger charge is 2.39. The van der Waals surface area contributed by atoms with Crippen LogP contribution in [0.3, 0.4) is 0 Å². The van der Waals surface area contributed by atoms with Gasteiger partial charge in [-0.3, -0.25) is 9.69 Å². The lowest BCUT2D eigenvalue weighted by Gasteiger charge is -2.16. The van der Waals surface area contributed by atoms with E-state index in [1.165, 1.54) is 4.90 Å². The summed E-state index contributed by atoms with van der Waals surface area (Å²) < 4.78 is 0. The summed E-state index contributed by atoms with van der Waals surface area (Å²) in [5.74, 6) is -0.175. The molecule has 1 saturated heterocycles. The van der Waals surface area contributed by atoms with Crippen LogP contribution in [0.1, 0.15) is 26.8 Å². The van der Waals surface area contributed by atoms with Gasteiger partial charge in [0.25, 0.3) is 5.91 Å². The van der Waals surface area contributed by atoms with Crippen molar-refractivity contribution in [3.05, 3.63) is 35.0 Å². The van der Waals surface area contributed by atoms with Gasteiger partial charge >= 0.3 is 6.03 Å². The third-order valence-corrected chi connectivity index (χ3v) is 4.06. The predicted molar refractivity (Wildman–Crippen MR) is 88.0 cm³/mol. The molecular weight excluding hydrogens is 302 g/mol. The highest BCUT2D eigenvalue weighted by Crippen LogP contribution is 2.26. The quantitative estimate of drug-likeness (QED) is 0.852. The number of halogens is 1. The zero-order chi connectivity index (χ0) is 15.1. The maximum Gasteiger partial charge on any atom is 0.325 e. The van der Waals surface area contributed by atoms with Gasteiger partial charge in [-0.2, -0.15) is 0 Å². The third-order valence-electron chi connectivity index (χ3n) is 3.74. The Morgan fingerprint density at radius 2 is 2.05 bits per heavy atom. The molecule has 1 atom stereocenters. The second-order valence-electron chi connectivity index (χ2n) is 5.48. The molecule has 0 bridgehead atoms. The third kappa shape index (κ3) is 2.57. The standard InChI is InChI=1S/C15H16ClN3O2.CH4/c1-8(2)19-14(20)12(18-15(19)21)6-9-7-17-13-10(9)4-3-5-11(13)16;/h3-5,7-8,12,17H,6H2,1-2H3,(H,18,21);1H4/t12-;/m1./s1. The fraction of sp³-hybridized carbons (Fsp3) is 0.375. The molecule has 3 amide bonds. The van der Waals surface area contributed by atoms with Gasteiger partial charge in [0.2, 0.25) is 0 Å². The van der Waals surface area contributed by atoms with Gasteiger partial charge in [-0.15, -0.1) is 0 Å². The summed E-state index contributed by atoms with van der Waals surface area (Å²) in [5.41, 5.74) is 1.82. The van der Waals surface area contributed by atoms with Crippen LogP contribution in [0.15, 0.2) is 24.4 Å². The first-order valence-electron chi connectivity index (χ1n) is 6.87. The van der Waals surface area contributed by atoms with E-state index in [0.717, 1.165) is 16.5 Å². The summed E-state index contributed by atoms with van der Waals surface area (Å²) in [6, 6.07) is 4.66. The molecule has 1 aliphatic rings. The van der Waals surface area contributed by atoms with E-state index in [2.05, 4.69) is 10.3 Å². The molecule has 1 aromatic carbocycles. The van der Waals surface area contributed by atoms with Crippen molar-refractivity contribution < 1.29 is 9.59 Å². The first kappa shape index (κ1) is 16.4. The van der Waals surface area contributed by atoms with Crippen molar-refractivity contribution in [2.75, 3.05) is 0 Å². The van der Waals surface area contributed by atoms with Gasteiger partial charge in [0.05, 0.1) is 10.5 Å². The van der Waals surface area contributed by atoms with Crippen molar-refractivity contribution in [2.24, 2.45) is 0 Å². The lowest BCUT2D eigenvalue weighted by Crippen LogP contribution is -2.37. The molecule has 2 N–H and O–H groups in total. The van der Waals surface area contributed by atoms with E-state index < -0.39 is 6.04 Å². The maximum absolute atomic E-state index is 12.3. The summed E-state index contributed by atoms with van der Waals surface area (Å²) in [5, 5.41) is 4.37. The number of imide groups is 1. The van der Waals surface area contributed by atoms with Crippen LogP contribution in [0.2, 0.25) is 5.02 Å². The lowest BCUT2D eigenvalue weighted by atomic mass is 10.0. The number of benzene rings is 1. The van der Waals surface area contributed by atoms with E-state index in [1.54, 1.807) is 0 Å². The molecule has 0 saturated carbocycles. The molecule has 0 aliphatic carbocycles. The first-order valence-corrected chi connectivity index (χ1v) is 7.25. The van der Waals surface area contributed by atoms with Gasteiger partial charge in [-0.25, -0.2) is 4.79 Å². The molecule has 1 aromatic heterocycles. The second kappa shape index (κ2) is 6.01. The van der Waals surface area contributed by atoms with Crippen LogP contribution in [-0.2, 0) is 11.2 Å². The minimum atomic E-state index is -0.516. The number of carbonyl (C=O) groups excluding carboxylic acids is 2. The average Bonchev–Trinajstić information content (AvgIpc) is 2.94. The van der Waals surface area contributed by atoms with Crippen molar-refractivity contribution >= 4 is 34.4 Å². The summed E-state index contributed by atoms with van der Waals surface area (Å²) in [6.07, 6.45) is 2.29. The Morgan fingerprint density at radius 3 is 2.68 bits per heavy atom. The normalized spacial score (nSPS) is 18.0.